The Hall–Kier alpha value is -2.09. The molecule has 1 fully saturated rings. The van der Waals surface area contributed by atoms with Gasteiger partial charge in [0.25, 0.3) is 0 Å². The fourth-order valence-corrected chi connectivity index (χ4v) is 3.62. The van der Waals surface area contributed by atoms with Gasteiger partial charge in [-0.3, -0.25) is 9.59 Å². The molecule has 1 saturated heterocycles. The normalized spacial score (nSPS) is 18.5. The summed E-state index contributed by atoms with van der Waals surface area (Å²) in [6.45, 7) is 6.94. The molecule has 29 heavy (non-hydrogen) atoms. The highest BCUT2D eigenvalue weighted by Gasteiger charge is 2.35. The lowest BCUT2D eigenvalue weighted by atomic mass is 9.94. The summed E-state index contributed by atoms with van der Waals surface area (Å²) in [5.41, 5.74) is 0.640. The number of piperidine rings is 1. The van der Waals surface area contributed by atoms with E-state index in [0.717, 1.165) is 17.3 Å². The van der Waals surface area contributed by atoms with E-state index in [1.807, 2.05) is 26.0 Å². The van der Waals surface area contributed by atoms with Gasteiger partial charge in [-0.05, 0) is 49.9 Å². The predicted octanol–water partition coefficient (Wildman–Crippen LogP) is 3.79. The number of esters is 1. The van der Waals surface area contributed by atoms with Crippen LogP contribution in [0.1, 0.15) is 40.0 Å². The van der Waals surface area contributed by atoms with Crippen molar-refractivity contribution in [3.05, 3.63) is 28.7 Å². The number of anilines is 1. The Balaban J connectivity index is 2.04. The molecule has 1 aromatic rings. The van der Waals surface area contributed by atoms with Crippen molar-refractivity contribution in [2.75, 3.05) is 25.0 Å². The van der Waals surface area contributed by atoms with Crippen LogP contribution in [0.4, 0.5) is 10.5 Å². The summed E-state index contributed by atoms with van der Waals surface area (Å²) in [6, 6.07) is 6.13. The first kappa shape index (κ1) is 23.2. The predicted molar refractivity (Wildman–Crippen MR) is 115 cm³/mol. The minimum absolute atomic E-state index is 0.0406. The van der Waals surface area contributed by atoms with Crippen molar-refractivity contribution in [2.45, 2.75) is 46.1 Å². The SMILES string of the molecule is CCOC(=O)C1CCCN(C(=O)C(NC(=O)Nc2ccc(Br)cc2)C(C)CC)C1. The number of hydrogen-bond donors (Lipinski definition) is 2. The molecule has 1 heterocycles. The topological polar surface area (TPSA) is 87.7 Å². The van der Waals surface area contributed by atoms with Crippen LogP contribution >= 0.6 is 15.9 Å². The third-order valence-corrected chi connectivity index (χ3v) is 5.75. The summed E-state index contributed by atoms with van der Waals surface area (Å²) in [5.74, 6) is -0.756. The van der Waals surface area contributed by atoms with Crippen LogP contribution in [0.5, 0.6) is 0 Å². The van der Waals surface area contributed by atoms with Crippen LogP contribution in [0.25, 0.3) is 0 Å². The molecule has 0 bridgehead atoms. The Bertz CT molecular complexity index is 710. The van der Waals surface area contributed by atoms with E-state index >= 15 is 0 Å². The second-order valence-electron chi connectivity index (χ2n) is 7.34. The van der Waals surface area contributed by atoms with E-state index in [1.165, 1.54) is 0 Å². The molecule has 1 aliphatic heterocycles. The quantitative estimate of drug-likeness (QED) is 0.597. The molecular formula is C21H30BrN3O4. The van der Waals surface area contributed by atoms with Crippen LogP contribution in [-0.4, -0.2) is 48.5 Å². The molecule has 0 saturated carbocycles. The molecule has 8 heteroatoms. The van der Waals surface area contributed by atoms with Crippen molar-refractivity contribution < 1.29 is 19.1 Å². The number of carbonyl (C=O) groups excluding carboxylic acids is 3. The Labute approximate surface area is 180 Å². The minimum atomic E-state index is -0.656. The Kier molecular flexibility index (Phi) is 8.95. The third-order valence-electron chi connectivity index (χ3n) is 5.22. The minimum Gasteiger partial charge on any atom is -0.466 e. The number of rotatable bonds is 7. The van der Waals surface area contributed by atoms with Crippen LogP contribution in [-0.2, 0) is 14.3 Å². The number of ether oxygens (including phenoxy) is 1. The van der Waals surface area contributed by atoms with E-state index in [4.69, 9.17) is 4.74 Å². The number of benzene rings is 1. The fraction of sp³-hybridized carbons (Fsp3) is 0.571. The van der Waals surface area contributed by atoms with E-state index in [1.54, 1.807) is 24.0 Å². The number of nitrogens with one attached hydrogen (secondary N) is 2. The maximum atomic E-state index is 13.2. The van der Waals surface area contributed by atoms with Crippen molar-refractivity contribution >= 4 is 39.5 Å². The number of urea groups is 1. The molecule has 0 aliphatic carbocycles. The molecule has 0 aromatic heterocycles. The van der Waals surface area contributed by atoms with Crippen molar-refractivity contribution in [3.63, 3.8) is 0 Å². The van der Waals surface area contributed by atoms with Gasteiger partial charge in [-0.2, -0.15) is 0 Å². The summed E-state index contributed by atoms with van der Waals surface area (Å²) in [5, 5.41) is 5.59. The maximum Gasteiger partial charge on any atom is 0.319 e. The van der Waals surface area contributed by atoms with E-state index in [9.17, 15) is 14.4 Å². The number of likely N-dealkylation sites (tertiary alicyclic amines) is 1. The van der Waals surface area contributed by atoms with E-state index in [-0.39, 0.29) is 23.7 Å². The van der Waals surface area contributed by atoms with Crippen LogP contribution in [0.3, 0.4) is 0 Å². The van der Waals surface area contributed by atoms with E-state index in [0.29, 0.717) is 31.8 Å². The molecule has 3 unspecified atom stereocenters. The smallest absolute Gasteiger partial charge is 0.319 e. The van der Waals surface area contributed by atoms with E-state index < -0.39 is 12.1 Å². The second kappa shape index (κ2) is 11.2. The molecule has 0 radical (unpaired) electrons. The van der Waals surface area contributed by atoms with Crippen molar-refractivity contribution in [1.29, 1.82) is 0 Å². The highest BCUT2D eigenvalue weighted by molar-refractivity contribution is 9.10. The standard InChI is InChI=1S/C21H30BrN3O4/c1-4-14(3)18(24-21(28)23-17-10-8-16(22)9-11-17)19(26)25-12-6-7-15(13-25)20(27)29-5-2/h8-11,14-15,18H,4-7,12-13H2,1-3H3,(H2,23,24,28). The van der Waals surface area contributed by atoms with Gasteiger partial charge < -0.3 is 20.3 Å². The summed E-state index contributed by atoms with van der Waals surface area (Å²) >= 11 is 3.36. The van der Waals surface area contributed by atoms with Crippen molar-refractivity contribution in [3.8, 4) is 0 Å². The molecular weight excluding hydrogens is 438 g/mol. The zero-order valence-electron chi connectivity index (χ0n) is 17.2. The molecule has 3 amide bonds. The van der Waals surface area contributed by atoms with Crippen LogP contribution in [0.2, 0.25) is 0 Å². The number of nitrogens with zero attached hydrogens (tertiary/aromatic N) is 1. The van der Waals surface area contributed by atoms with Crippen molar-refractivity contribution in [2.24, 2.45) is 11.8 Å². The fourth-order valence-electron chi connectivity index (χ4n) is 3.35. The number of hydrogen-bond acceptors (Lipinski definition) is 4. The highest BCUT2D eigenvalue weighted by atomic mass is 79.9. The van der Waals surface area contributed by atoms with Gasteiger partial charge in [0.1, 0.15) is 6.04 Å². The van der Waals surface area contributed by atoms with Gasteiger partial charge in [-0.25, -0.2) is 4.79 Å². The van der Waals surface area contributed by atoms with E-state index in [2.05, 4.69) is 26.6 Å². The first-order valence-corrected chi connectivity index (χ1v) is 10.9. The van der Waals surface area contributed by atoms with Gasteiger partial charge in [0.15, 0.2) is 0 Å². The monoisotopic (exact) mass is 467 g/mol. The second-order valence-corrected chi connectivity index (χ2v) is 8.26. The van der Waals surface area contributed by atoms with Gasteiger partial charge in [-0.1, -0.05) is 36.2 Å². The zero-order valence-corrected chi connectivity index (χ0v) is 18.8. The lowest BCUT2D eigenvalue weighted by Crippen LogP contribution is -2.55. The maximum absolute atomic E-state index is 13.2. The van der Waals surface area contributed by atoms with Crippen LogP contribution in [0, 0.1) is 11.8 Å². The van der Waals surface area contributed by atoms with Gasteiger partial charge in [0.05, 0.1) is 12.5 Å². The Morgan fingerprint density at radius 3 is 2.55 bits per heavy atom. The van der Waals surface area contributed by atoms with Crippen LogP contribution in [0.15, 0.2) is 28.7 Å². The molecule has 2 N–H and O–H groups in total. The van der Waals surface area contributed by atoms with Gasteiger partial charge >= 0.3 is 12.0 Å². The van der Waals surface area contributed by atoms with Gasteiger partial charge in [-0.15, -0.1) is 0 Å². The number of halogens is 1. The summed E-state index contributed by atoms with van der Waals surface area (Å²) < 4.78 is 6.03. The van der Waals surface area contributed by atoms with Gasteiger partial charge in [0.2, 0.25) is 5.91 Å². The molecule has 2 rings (SSSR count). The first-order valence-electron chi connectivity index (χ1n) is 10.1. The lowest BCUT2D eigenvalue weighted by molar-refractivity contribution is -0.151. The van der Waals surface area contributed by atoms with Crippen LogP contribution < -0.4 is 10.6 Å². The highest BCUT2D eigenvalue weighted by Crippen LogP contribution is 2.21. The lowest BCUT2D eigenvalue weighted by Gasteiger charge is -2.35. The molecule has 0 spiro atoms. The molecule has 1 aliphatic rings. The zero-order chi connectivity index (χ0) is 21.4. The first-order chi connectivity index (χ1) is 13.8. The molecule has 3 atom stereocenters. The largest absolute Gasteiger partial charge is 0.466 e. The average Bonchev–Trinajstić information content (AvgIpc) is 2.73. The third kappa shape index (κ3) is 6.73. The summed E-state index contributed by atoms with van der Waals surface area (Å²) in [7, 11) is 0. The molecule has 160 valence electrons. The molecule has 7 nitrogen and oxygen atoms in total. The average molecular weight is 468 g/mol. The Morgan fingerprint density at radius 2 is 1.93 bits per heavy atom. The van der Waals surface area contributed by atoms with Crippen molar-refractivity contribution in [1.82, 2.24) is 10.2 Å². The Morgan fingerprint density at radius 1 is 1.24 bits per heavy atom. The molecule has 1 aromatic carbocycles. The van der Waals surface area contributed by atoms with Gasteiger partial charge in [0, 0.05) is 23.2 Å². The summed E-state index contributed by atoms with van der Waals surface area (Å²) in [4.78, 5) is 39.4. The number of amides is 3. The number of carbonyl (C=O) groups is 3. The summed E-state index contributed by atoms with van der Waals surface area (Å²) in [6.07, 6.45) is 2.20.